The van der Waals surface area contributed by atoms with E-state index < -0.39 is 97.5 Å². The van der Waals surface area contributed by atoms with Crippen LogP contribution in [-0.4, -0.2) is 96.7 Å². The predicted molar refractivity (Wildman–Crippen MR) is 372 cm³/mol. The van der Waals surface area contributed by atoms with Gasteiger partial charge in [-0.25, -0.2) is 9.13 Å². The van der Waals surface area contributed by atoms with Crippen LogP contribution in [0.5, 0.6) is 0 Å². The average Bonchev–Trinajstić information content (AvgIpc) is 2.20. The van der Waals surface area contributed by atoms with E-state index in [1.165, 1.54) is 161 Å². The van der Waals surface area contributed by atoms with Crippen molar-refractivity contribution in [3.63, 3.8) is 0 Å². The van der Waals surface area contributed by atoms with Gasteiger partial charge in [-0.1, -0.05) is 312 Å². The molecule has 0 heterocycles. The van der Waals surface area contributed by atoms with Crippen LogP contribution in [0.3, 0.4) is 0 Å². The summed E-state index contributed by atoms with van der Waals surface area (Å²) in [6, 6.07) is 0. The Kier molecular flexibility index (Phi) is 61.3. The number of unbranched alkanes of at least 4 members (excludes halogenated alkanes) is 35. The maximum absolute atomic E-state index is 13.0. The Labute approximate surface area is 562 Å². The molecule has 0 aromatic rings. The van der Waals surface area contributed by atoms with Gasteiger partial charge in [-0.15, -0.1) is 0 Å². The first-order valence-electron chi connectivity index (χ1n) is 37.7. The number of phosphoric acid groups is 2. The van der Waals surface area contributed by atoms with Gasteiger partial charge in [0, 0.05) is 25.7 Å². The normalized spacial score (nSPS) is 14.5. The summed E-state index contributed by atoms with van der Waals surface area (Å²) >= 11 is 0. The van der Waals surface area contributed by atoms with Crippen molar-refractivity contribution in [2.24, 2.45) is 23.7 Å². The number of carbonyl (C=O) groups is 4. The first-order valence-corrected chi connectivity index (χ1v) is 40.7. The lowest BCUT2D eigenvalue weighted by atomic mass is 10.00. The number of aliphatic hydroxyl groups is 1. The Morgan fingerprint density at radius 3 is 0.772 bits per heavy atom. The molecular weight excluding hydrogens is 1210 g/mol. The van der Waals surface area contributed by atoms with Crippen molar-refractivity contribution in [1.29, 1.82) is 0 Å². The lowest BCUT2D eigenvalue weighted by molar-refractivity contribution is -0.161. The van der Waals surface area contributed by atoms with Gasteiger partial charge in [0.05, 0.1) is 26.4 Å². The van der Waals surface area contributed by atoms with E-state index in [0.717, 1.165) is 120 Å². The highest BCUT2D eigenvalue weighted by atomic mass is 31.2. The third kappa shape index (κ3) is 65.4. The zero-order chi connectivity index (χ0) is 68.2. The summed E-state index contributed by atoms with van der Waals surface area (Å²) in [5.41, 5.74) is 0. The third-order valence-corrected chi connectivity index (χ3v) is 19.1. The molecule has 0 aliphatic rings. The summed E-state index contributed by atoms with van der Waals surface area (Å²) < 4.78 is 68.4. The second-order valence-corrected chi connectivity index (χ2v) is 30.9. The predicted octanol–water partition coefficient (Wildman–Crippen LogP) is 20.9. The van der Waals surface area contributed by atoms with Crippen molar-refractivity contribution in [2.75, 3.05) is 39.6 Å². The fourth-order valence-corrected chi connectivity index (χ4v) is 12.6. The number of ether oxygens (including phenoxy) is 4. The topological polar surface area (TPSA) is 237 Å². The molecule has 3 unspecified atom stereocenters. The smallest absolute Gasteiger partial charge is 0.462 e. The van der Waals surface area contributed by atoms with E-state index in [9.17, 15) is 43.2 Å². The second kappa shape index (κ2) is 62.6. The monoisotopic (exact) mass is 1350 g/mol. The standard InChI is InChI=1S/C73H142O17P2/c1-9-66(8)52-44-36-31-32-38-46-54-71(76)84-60-69(89-72(77)55-47-39-29-21-17-15-13-11-10-12-14-16-19-25-33-41-49-63(2)3)62-88-92(81,82)86-58-67(74)57-85-91(79,80)87-61-68(90-73(78)56-48-40-30-24-23-27-35-43-51-65(6)7)59-83-70(75)53-45-37-28-22-18-20-26-34-42-50-64(4)5/h63-69,74H,9-62H2,1-8H3,(H,79,80)(H,81,82)/t66?,67-,68-,69-/m1/s1. The van der Waals surface area contributed by atoms with Crippen LogP contribution >= 0.6 is 15.6 Å². The molecule has 0 saturated carbocycles. The minimum absolute atomic E-state index is 0.104. The maximum atomic E-state index is 13.0. The van der Waals surface area contributed by atoms with E-state index >= 15 is 0 Å². The summed E-state index contributed by atoms with van der Waals surface area (Å²) in [6.45, 7) is 14.1. The fourth-order valence-electron chi connectivity index (χ4n) is 11.0. The van der Waals surface area contributed by atoms with Crippen molar-refractivity contribution >= 4 is 39.5 Å². The van der Waals surface area contributed by atoms with Gasteiger partial charge >= 0.3 is 39.5 Å². The molecule has 92 heavy (non-hydrogen) atoms. The molecule has 0 radical (unpaired) electrons. The van der Waals surface area contributed by atoms with Gasteiger partial charge in [-0.2, -0.15) is 0 Å². The minimum Gasteiger partial charge on any atom is -0.462 e. The fraction of sp³-hybridized carbons (Fsp3) is 0.945. The highest BCUT2D eigenvalue weighted by Crippen LogP contribution is 2.45. The number of phosphoric ester groups is 2. The van der Waals surface area contributed by atoms with Crippen molar-refractivity contribution in [3.05, 3.63) is 0 Å². The van der Waals surface area contributed by atoms with Crippen LogP contribution in [0, 0.1) is 23.7 Å². The van der Waals surface area contributed by atoms with Crippen LogP contribution in [0.15, 0.2) is 0 Å². The van der Waals surface area contributed by atoms with Gasteiger partial charge in [0.2, 0.25) is 0 Å². The molecule has 6 atom stereocenters. The van der Waals surface area contributed by atoms with Crippen LogP contribution in [-0.2, 0) is 65.4 Å². The molecule has 0 aromatic heterocycles. The van der Waals surface area contributed by atoms with E-state index in [1.807, 2.05) is 0 Å². The van der Waals surface area contributed by atoms with Crippen LogP contribution < -0.4 is 0 Å². The molecule has 19 heteroatoms. The summed E-state index contributed by atoms with van der Waals surface area (Å²) in [4.78, 5) is 72.6. The summed E-state index contributed by atoms with van der Waals surface area (Å²) in [5, 5.41) is 10.6. The molecule has 3 N–H and O–H groups in total. The maximum Gasteiger partial charge on any atom is 0.472 e. The lowest BCUT2D eigenvalue weighted by Gasteiger charge is -2.21. The molecule has 0 bridgehead atoms. The molecule has 0 saturated heterocycles. The van der Waals surface area contributed by atoms with Crippen LogP contribution in [0.4, 0.5) is 0 Å². The molecule has 17 nitrogen and oxygen atoms in total. The molecule has 0 rings (SSSR count). The molecule has 0 aliphatic carbocycles. The molecular formula is C73H142O17P2. The largest absolute Gasteiger partial charge is 0.472 e. The van der Waals surface area contributed by atoms with Crippen molar-refractivity contribution in [2.45, 2.75) is 382 Å². The summed E-state index contributed by atoms with van der Waals surface area (Å²) in [5.74, 6) is 0.874. The number of rotatable bonds is 70. The van der Waals surface area contributed by atoms with Crippen molar-refractivity contribution in [1.82, 2.24) is 0 Å². The molecule has 0 spiro atoms. The Morgan fingerprint density at radius 1 is 0.304 bits per heavy atom. The van der Waals surface area contributed by atoms with Crippen LogP contribution in [0.2, 0.25) is 0 Å². The molecule has 0 fully saturated rings. The van der Waals surface area contributed by atoms with Gasteiger partial charge in [0.25, 0.3) is 0 Å². The summed E-state index contributed by atoms with van der Waals surface area (Å²) in [6.07, 6.45) is 46.0. The zero-order valence-electron chi connectivity index (χ0n) is 60.2. The van der Waals surface area contributed by atoms with Crippen molar-refractivity contribution in [3.8, 4) is 0 Å². The highest BCUT2D eigenvalue weighted by molar-refractivity contribution is 7.47. The zero-order valence-corrected chi connectivity index (χ0v) is 62.0. The van der Waals surface area contributed by atoms with E-state index in [0.29, 0.717) is 25.7 Å². The van der Waals surface area contributed by atoms with E-state index in [-0.39, 0.29) is 25.7 Å². The molecule has 0 aliphatic heterocycles. The number of carbonyl (C=O) groups excluding carboxylic acids is 4. The average molecular weight is 1350 g/mol. The van der Waals surface area contributed by atoms with Gasteiger partial charge in [0.15, 0.2) is 12.2 Å². The molecule has 0 aromatic carbocycles. The van der Waals surface area contributed by atoms with Gasteiger partial charge in [-0.3, -0.25) is 37.3 Å². The van der Waals surface area contributed by atoms with Gasteiger partial charge in [0.1, 0.15) is 19.3 Å². The Morgan fingerprint density at radius 2 is 0.522 bits per heavy atom. The van der Waals surface area contributed by atoms with E-state index in [1.54, 1.807) is 0 Å². The first kappa shape index (κ1) is 90.1. The summed E-state index contributed by atoms with van der Waals surface area (Å²) in [7, 11) is -9.91. The van der Waals surface area contributed by atoms with E-state index in [2.05, 4.69) is 55.4 Å². The van der Waals surface area contributed by atoms with Crippen LogP contribution in [0.1, 0.15) is 364 Å². The second-order valence-electron chi connectivity index (χ2n) is 28.0. The number of hydrogen-bond acceptors (Lipinski definition) is 15. The lowest BCUT2D eigenvalue weighted by Crippen LogP contribution is -2.30. The minimum atomic E-state index is -4.95. The third-order valence-electron chi connectivity index (χ3n) is 17.2. The first-order chi connectivity index (χ1) is 44.1. The Bertz CT molecular complexity index is 1820. The number of esters is 4. The Hall–Kier alpha value is -1.94. The Balaban J connectivity index is 5.21. The van der Waals surface area contributed by atoms with E-state index in [4.69, 9.17) is 37.0 Å². The quantitative estimate of drug-likeness (QED) is 0.0222. The van der Waals surface area contributed by atoms with Crippen LogP contribution in [0.25, 0.3) is 0 Å². The SMILES string of the molecule is CCC(C)CCCCCCCCC(=O)OC[C@H](COP(=O)(O)OC[C@H](O)COP(=O)(O)OC[C@@H](COC(=O)CCCCCCCCCCCC(C)C)OC(=O)CCCCCCCCCCC(C)C)OC(=O)CCCCCCCCCCCCCCCCCCC(C)C. The van der Waals surface area contributed by atoms with Crippen molar-refractivity contribution < 1.29 is 80.2 Å². The van der Waals surface area contributed by atoms with Gasteiger partial charge < -0.3 is 33.8 Å². The number of aliphatic hydroxyl groups excluding tert-OH is 1. The highest BCUT2D eigenvalue weighted by Gasteiger charge is 2.30. The molecule has 0 amide bonds. The van der Waals surface area contributed by atoms with Gasteiger partial charge in [-0.05, 0) is 49.4 Å². The number of hydrogen-bond donors (Lipinski definition) is 3. The molecule has 546 valence electrons.